The molecule has 0 bridgehead atoms. The molecule has 1 aliphatic heterocycles. The topological polar surface area (TPSA) is 49.8 Å². The van der Waals surface area contributed by atoms with Crippen LogP contribution in [0.1, 0.15) is 13.3 Å². The second-order valence-corrected chi connectivity index (χ2v) is 3.76. The number of hydrogen-bond acceptors (Lipinski definition) is 3. The Labute approximate surface area is 90.5 Å². The van der Waals surface area contributed by atoms with Crippen molar-refractivity contribution in [3.63, 3.8) is 0 Å². The van der Waals surface area contributed by atoms with Gasteiger partial charge in [-0.25, -0.2) is 0 Å². The number of carboxylic acid groups (broad SMARTS) is 1. The Hall–Kier alpha value is -0.870. The third kappa shape index (κ3) is 3.04. The molecule has 0 aromatic carbocycles. The SMILES string of the molecule is C=CCCN(CC)C1COCC1C(=O)O. The van der Waals surface area contributed by atoms with E-state index in [1.165, 1.54) is 0 Å². The van der Waals surface area contributed by atoms with Crippen molar-refractivity contribution in [2.45, 2.75) is 19.4 Å². The molecule has 0 aromatic rings. The smallest absolute Gasteiger partial charge is 0.310 e. The van der Waals surface area contributed by atoms with Gasteiger partial charge in [0.2, 0.25) is 0 Å². The van der Waals surface area contributed by atoms with Crippen LogP contribution in [-0.2, 0) is 9.53 Å². The highest BCUT2D eigenvalue weighted by Gasteiger charge is 2.36. The van der Waals surface area contributed by atoms with Crippen molar-refractivity contribution in [3.05, 3.63) is 12.7 Å². The van der Waals surface area contributed by atoms with Crippen LogP contribution < -0.4 is 0 Å². The van der Waals surface area contributed by atoms with Crippen LogP contribution in [0.15, 0.2) is 12.7 Å². The van der Waals surface area contributed by atoms with Gasteiger partial charge in [0, 0.05) is 12.6 Å². The molecule has 0 amide bonds. The fourth-order valence-corrected chi connectivity index (χ4v) is 1.95. The zero-order valence-corrected chi connectivity index (χ0v) is 9.19. The summed E-state index contributed by atoms with van der Waals surface area (Å²) in [6, 6.07) is 0.0208. The Bertz CT molecular complexity index is 230. The highest BCUT2D eigenvalue weighted by Crippen LogP contribution is 2.20. The van der Waals surface area contributed by atoms with E-state index in [9.17, 15) is 4.79 Å². The van der Waals surface area contributed by atoms with Crippen LogP contribution in [-0.4, -0.2) is 48.3 Å². The van der Waals surface area contributed by atoms with E-state index in [-0.39, 0.29) is 12.0 Å². The molecule has 0 spiro atoms. The van der Waals surface area contributed by atoms with Gasteiger partial charge in [-0.05, 0) is 13.0 Å². The summed E-state index contributed by atoms with van der Waals surface area (Å²) in [6.07, 6.45) is 2.74. The third-order valence-corrected chi connectivity index (χ3v) is 2.86. The highest BCUT2D eigenvalue weighted by molar-refractivity contribution is 5.71. The maximum Gasteiger partial charge on any atom is 0.310 e. The molecule has 86 valence electrons. The fraction of sp³-hybridized carbons (Fsp3) is 0.727. The van der Waals surface area contributed by atoms with Crippen molar-refractivity contribution >= 4 is 5.97 Å². The zero-order chi connectivity index (χ0) is 11.3. The quantitative estimate of drug-likeness (QED) is 0.668. The molecule has 0 radical (unpaired) electrons. The number of nitrogens with zero attached hydrogens (tertiary/aromatic N) is 1. The second kappa shape index (κ2) is 5.88. The van der Waals surface area contributed by atoms with Gasteiger partial charge < -0.3 is 9.84 Å². The molecule has 1 saturated heterocycles. The molecule has 1 heterocycles. The van der Waals surface area contributed by atoms with Crippen molar-refractivity contribution in [1.29, 1.82) is 0 Å². The summed E-state index contributed by atoms with van der Waals surface area (Å²) >= 11 is 0. The summed E-state index contributed by atoms with van der Waals surface area (Å²) in [5.41, 5.74) is 0. The molecule has 1 aliphatic rings. The fourth-order valence-electron chi connectivity index (χ4n) is 1.95. The number of carbonyl (C=O) groups is 1. The third-order valence-electron chi connectivity index (χ3n) is 2.86. The molecule has 1 N–H and O–H groups in total. The molecular formula is C11H19NO3. The molecule has 0 saturated carbocycles. The van der Waals surface area contributed by atoms with E-state index in [1.807, 2.05) is 13.0 Å². The van der Waals surface area contributed by atoms with Crippen molar-refractivity contribution in [1.82, 2.24) is 4.90 Å². The normalized spacial score (nSPS) is 25.7. The van der Waals surface area contributed by atoms with E-state index in [4.69, 9.17) is 9.84 Å². The summed E-state index contributed by atoms with van der Waals surface area (Å²) in [7, 11) is 0. The second-order valence-electron chi connectivity index (χ2n) is 3.76. The van der Waals surface area contributed by atoms with Gasteiger partial charge in [-0.2, -0.15) is 0 Å². The summed E-state index contributed by atoms with van der Waals surface area (Å²) in [5, 5.41) is 9.03. The Morgan fingerprint density at radius 2 is 2.40 bits per heavy atom. The predicted molar refractivity (Wildman–Crippen MR) is 57.8 cm³/mol. The van der Waals surface area contributed by atoms with E-state index < -0.39 is 5.97 Å². The molecule has 1 rings (SSSR count). The molecule has 2 atom stereocenters. The van der Waals surface area contributed by atoms with Gasteiger partial charge in [0.1, 0.15) is 0 Å². The number of carboxylic acids is 1. The van der Waals surface area contributed by atoms with E-state index in [1.54, 1.807) is 0 Å². The molecule has 15 heavy (non-hydrogen) atoms. The van der Waals surface area contributed by atoms with Crippen LogP contribution in [0.25, 0.3) is 0 Å². The molecule has 1 fully saturated rings. The first kappa shape index (κ1) is 12.2. The predicted octanol–water partition coefficient (Wildman–Crippen LogP) is 0.984. The number of aliphatic carboxylic acids is 1. The van der Waals surface area contributed by atoms with Crippen LogP contribution in [0.5, 0.6) is 0 Å². The Morgan fingerprint density at radius 1 is 1.67 bits per heavy atom. The standard InChI is InChI=1S/C11H19NO3/c1-3-5-6-12(4-2)10-8-15-7-9(10)11(13)14/h3,9-10H,1,4-8H2,2H3,(H,13,14). The van der Waals surface area contributed by atoms with E-state index in [0.717, 1.165) is 19.5 Å². The number of likely N-dealkylation sites (N-methyl/N-ethyl adjacent to an activating group) is 1. The lowest BCUT2D eigenvalue weighted by Gasteiger charge is -2.28. The average molecular weight is 213 g/mol. The monoisotopic (exact) mass is 213 g/mol. The molecular weight excluding hydrogens is 194 g/mol. The van der Waals surface area contributed by atoms with E-state index in [0.29, 0.717) is 13.2 Å². The summed E-state index contributed by atoms with van der Waals surface area (Å²) in [4.78, 5) is 13.1. The van der Waals surface area contributed by atoms with Gasteiger partial charge >= 0.3 is 5.97 Å². The summed E-state index contributed by atoms with van der Waals surface area (Å²) in [6.45, 7) is 8.29. The van der Waals surface area contributed by atoms with E-state index >= 15 is 0 Å². The summed E-state index contributed by atoms with van der Waals surface area (Å²) in [5.74, 6) is -1.13. The minimum atomic E-state index is -0.755. The van der Waals surface area contributed by atoms with Crippen LogP contribution >= 0.6 is 0 Å². The maximum atomic E-state index is 11.0. The first-order valence-corrected chi connectivity index (χ1v) is 5.36. The first-order valence-electron chi connectivity index (χ1n) is 5.36. The van der Waals surface area contributed by atoms with Crippen LogP contribution in [0.4, 0.5) is 0 Å². The first-order chi connectivity index (χ1) is 7.20. The van der Waals surface area contributed by atoms with Gasteiger partial charge in [0.05, 0.1) is 19.1 Å². The number of rotatable bonds is 6. The molecule has 2 unspecified atom stereocenters. The maximum absolute atomic E-state index is 11.0. The Balaban J connectivity index is 2.57. The lowest BCUT2D eigenvalue weighted by atomic mass is 10.0. The van der Waals surface area contributed by atoms with Gasteiger partial charge in [0.25, 0.3) is 0 Å². The van der Waals surface area contributed by atoms with Gasteiger partial charge in [-0.3, -0.25) is 9.69 Å². The Kier molecular flexibility index (Phi) is 4.78. The Morgan fingerprint density at radius 3 is 2.93 bits per heavy atom. The van der Waals surface area contributed by atoms with Gasteiger partial charge in [0.15, 0.2) is 0 Å². The minimum Gasteiger partial charge on any atom is -0.481 e. The molecule has 0 aliphatic carbocycles. The number of ether oxygens (including phenoxy) is 1. The zero-order valence-electron chi connectivity index (χ0n) is 9.19. The van der Waals surface area contributed by atoms with Gasteiger partial charge in [-0.15, -0.1) is 6.58 Å². The average Bonchev–Trinajstić information content (AvgIpc) is 2.68. The molecule has 0 aromatic heterocycles. The molecule has 4 heteroatoms. The molecule has 4 nitrogen and oxygen atoms in total. The lowest BCUT2D eigenvalue weighted by molar-refractivity contribution is -0.143. The van der Waals surface area contributed by atoms with Crippen molar-refractivity contribution < 1.29 is 14.6 Å². The minimum absolute atomic E-state index is 0.0208. The van der Waals surface area contributed by atoms with Crippen LogP contribution in [0.2, 0.25) is 0 Å². The number of hydrogen-bond donors (Lipinski definition) is 1. The summed E-state index contributed by atoms with van der Waals surface area (Å²) < 4.78 is 5.25. The lowest BCUT2D eigenvalue weighted by Crippen LogP contribution is -2.43. The largest absolute Gasteiger partial charge is 0.481 e. The van der Waals surface area contributed by atoms with Gasteiger partial charge in [-0.1, -0.05) is 13.0 Å². The van der Waals surface area contributed by atoms with Crippen LogP contribution in [0.3, 0.4) is 0 Å². The van der Waals surface area contributed by atoms with Crippen molar-refractivity contribution in [2.75, 3.05) is 26.3 Å². The van der Waals surface area contributed by atoms with Crippen molar-refractivity contribution in [3.8, 4) is 0 Å². The highest BCUT2D eigenvalue weighted by atomic mass is 16.5. The van der Waals surface area contributed by atoms with Crippen molar-refractivity contribution in [2.24, 2.45) is 5.92 Å². The van der Waals surface area contributed by atoms with E-state index in [2.05, 4.69) is 11.5 Å². The van der Waals surface area contributed by atoms with Crippen LogP contribution in [0, 0.1) is 5.92 Å².